The van der Waals surface area contributed by atoms with Crippen molar-refractivity contribution < 1.29 is 27.8 Å². The summed E-state index contributed by atoms with van der Waals surface area (Å²) >= 11 is 0. The van der Waals surface area contributed by atoms with Crippen molar-refractivity contribution in [2.75, 3.05) is 19.6 Å². The van der Waals surface area contributed by atoms with Gasteiger partial charge in [0.15, 0.2) is 0 Å². The minimum Gasteiger partial charge on any atom is -0.465 e. The summed E-state index contributed by atoms with van der Waals surface area (Å²) in [6.07, 6.45) is -5.75. The highest BCUT2D eigenvalue weighted by atomic mass is 28.3. The Labute approximate surface area is 152 Å². The number of carbonyl (C=O) groups is 1. The molecule has 146 valence electrons. The van der Waals surface area contributed by atoms with Crippen LogP contribution in [0.4, 0.5) is 18.0 Å². The normalized spacial score (nSPS) is 20.8. The molecule has 0 aliphatic carbocycles. The van der Waals surface area contributed by atoms with Crippen LogP contribution in [0.1, 0.15) is 11.5 Å². The monoisotopic (exact) mass is 390 g/mol. The zero-order valence-electron chi connectivity index (χ0n) is 15.1. The molecule has 0 bridgehead atoms. The highest BCUT2D eigenvalue weighted by Crippen LogP contribution is 2.31. The molecule has 1 amide bonds. The number of halogens is 3. The van der Waals surface area contributed by atoms with E-state index in [-0.39, 0.29) is 17.7 Å². The van der Waals surface area contributed by atoms with Crippen molar-refractivity contribution in [3.05, 3.63) is 29.8 Å². The molecule has 0 spiro atoms. The van der Waals surface area contributed by atoms with E-state index in [1.807, 2.05) is 0 Å². The zero-order chi connectivity index (χ0) is 19.5. The van der Waals surface area contributed by atoms with E-state index in [4.69, 9.17) is 0 Å². The number of rotatable bonds is 6. The number of nitrogens with one attached hydrogen (secondary N) is 1. The number of nitrogens with zero attached hydrogens (tertiary/aromatic N) is 1. The van der Waals surface area contributed by atoms with E-state index in [9.17, 15) is 23.1 Å². The van der Waals surface area contributed by atoms with Crippen LogP contribution in [0, 0.1) is 0 Å². The lowest BCUT2D eigenvalue weighted by Gasteiger charge is -2.32. The lowest BCUT2D eigenvalue weighted by molar-refractivity contribution is -0.274. The number of carboxylic acid groups (broad SMARTS) is 1. The first-order chi connectivity index (χ1) is 12.0. The van der Waals surface area contributed by atoms with Gasteiger partial charge in [-0.2, -0.15) is 0 Å². The van der Waals surface area contributed by atoms with Gasteiger partial charge in [0, 0.05) is 33.6 Å². The van der Waals surface area contributed by atoms with Crippen LogP contribution >= 0.6 is 0 Å². The number of hydrogen-bond donors (Lipinski definition) is 2. The van der Waals surface area contributed by atoms with Gasteiger partial charge in [0.2, 0.25) is 0 Å². The van der Waals surface area contributed by atoms with Gasteiger partial charge in [0.25, 0.3) is 0 Å². The molecule has 2 rings (SSSR count). The van der Waals surface area contributed by atoms with Crippen molar-refractivity contribution in [1.82, 2.24) is 10.2 Å². The summed E-state index contributed by atoms with van der Waals surface area (Å²) in [7, 11) is -1.42. The molecule has 2 N–H and O–H groups in total. The molecule has 1 aliphatic rings. The molecule has 1 fully saturated rings. The van der Waals surface area contributed by atoms with Crippen LogP contribution in [0.5, 0.6) is 5.75 Å². The van der Waals surface area contributed by atoms with E-state index in [1.54, 1.807) is 6.07 Å². The average Bonchev–Trinajstić information content (AvgIpc) is 2.93. The number of benzene rings is 1. The SMILES string of the molecule is C[Si](C)(C)CCN(C(=O)O)C1CNCC1c1cccc(OC(F)(F)F)c1. The molecule has 9 heteroatoms. The first-order valence-electron chi connectivity index (χ1n) is 8.52. The lowest BCUT2D eigenvalue weighted by atomic mass is 9.93. The lowest BCUT2D eigenvalue weighted by Crippen LogP contribution is -2.45. The number of amides is 1. The van der Waals surface area contributed by atoms with E-state index in [2.05, 4.69) is 29.7 Å². The average molecular weight is 390 g/mol. The van der Waals surface area contributed by atoms with Gasteiger partial charge in [-0.05, 0) is 23.7 Å². The second kappa shape index (κ2) is 7.87. The highest BCUT2D eigenvalue weighted by molar-refractivity contribution is 6.76. The van der Waals surface area contributed by atoms with Crippen molar-refractivity contribution in [2.45, 2.75) is 44.0 Å². The second-order valence-electron chi connectivity index (χ2n) is 7.74. The predicted molar refractivity (Wildman–Crippen MR) is 95.4 cm³/mol. The van der Waals surface area contributed by atoms with E-state index >= 15 is 0 Å². The Balaban J connectivity index is 2.20. The van der Waals surface area contributed by atoms with Crippen LogP contribution in [0.25, 0.3) is 0 Å². The first-order valence-corrected chi connectivity index (χ1v) is 12.2. The van der Waals surface area contributed by atoms with Crippen molar-refractivity contribution >= 4 is 14.2 Å². The standard InChI is InChI=1S/C17H25F3N2O3Si/c1-26(2,3)8-7-22(16(23)24)15-11-21-10-14(15)12-5-4-6-13(9-12)25-17(18,19)20/h4-6,9,14-15,21H,7-8,10-11H2,1-3H3,(H,23,24). The summed E-state index contributed by atoms with van der Waals surface area (Å²) in [4.78, 5) is 13.2. The van der Waals surface area contributed by atoms with Crippen molar-refractivity contribution in [3.63, 3.8) is 0 Å². The molecule has 2 atom stereocenters. The summed E-state index contributed by atoms with van der Waals surface area (Å²) in [5.74, 6) is -0.505. The van der Waals surface area contributed by atoms with Crippen LogP contribution in [0.3, 0.4) is 0 Å². The summed E-state index contributed by atoms with van der Waals surface area (Å²) in [5.41, 5.74) is 0.640. The van der Waals surface area contributed by atoms with E-state index < -0.39 is 20.5 Å². The molecule has 0 aromatic heterocycles. The minimum atomic E-state index is -4.75. The van der Waals surface area contributed by atoms with Crippen LogP contribution in [0.15, 0.2) is 24.3 Å². The maximum absolute atomic E-state index is 12.5. The van der Waals surface area contributed by atoms with Crippen molar-refractivity contribution in [1.29, 1.82) is 0 Å². The van der Waals surface area contributed by atoms with Gasteiger partial charge in [-0.1, -0.05) is 31.8 Å². The first kappa shape index (κ1) is 20.6. The maximum atomic E-state index is 12.5. The van der Waals surface area contributed by atoms with Crippen LogP contribution in [-0.4, -0.2) is 56.2 Å². The summed E-state index contributed by atoms with van der Waals surface area (Å²) in [6.45, 7) is 7.95. The summed E-state index contributed by atoms with van der Waals surface area (Å²) in [5, 5.41) is 12.8. The molecular weight excluding hydrogens is 365 g/mol. The third-order valence-corrected chi connectivity index (χ3v) is 6.17. The quantitative estimate of drug-likeness (QED) is 0.722. The predicted octanol–water partition coefficient (Wildman–Crippen LogP) is 3.96. The molecule has 2 unspecified atom stereocenters. The van der Waals surface area contributed by atoms with Gasteiger partial charge in [-0.15, -0.1) is 13.2 Å². The highest BCUT2D eigenvalue weighted by Gasteiger charge is 2.37. The van der Waals surface area contributed by atoms with Gasteiger partial charge >= 0.3 is 12.5 Å². The largest absolute Gasteiger partial charge is 0.573 e. The molecular formula is C17H25F3N2O3Si. The molecule has 1 aliphatic heterocycles. The fraction of sp³-hybridized carbons (Fsp3) is 0.588. The van der Waals surface area contributed by atoms with Gasteiger partial charge in [0.1, 0.15) is 5.75 Å². The fourth-order valence-corrected chi connectivity index (χ4v) is 4.05. The molecule has 1 aromatic rings. The molecule has 26 heavy (non-hydrogen) atoms. The smallest absolute Gasteiger partial charge is 0.465 e. The Bertz CT molecular complexity index is 634. The summed E-state index contributed by atoms with van der Waals surface area (Å²) < 4.78 is 41.4. The van der Waals surface area contributed by atoms with Gasteiger partial charge in [-0.3, -0.25) is 0 Å². The Kier molecular flexibility index (Phi) is 6.23. The molecule has 1 heterocycles. The van der Waals surface area contributed by atoms with E-state index in [0.29, 0.717) is 25.2 Å². The van der Waals surface area contributed by atoms with Crippen LogP contribution in [0.2, 0.25) is 25.7 Å². The molecule has 5 nitrogen and oxygen atoms in total. The molecule has 1 aromatic carbocycles. The number of hydrogen-bond acceptors (Lipinski definition) is 3. The van der Waals surface area contributed by atoms with E-state index in [0.717, 1.165) is 6.04 Å². The molecule has 0 saturated carbocycles. The molecule has 1 saturated heterocycles. The van der Waals surface area contributed by atoms with Crippen LogP contribution < -0.4 is 10.1 Å². The topological polar surface area (TPSA) is 61.8 Å². The molecule has 0 radical (unpaired) electrons. The van der Waals surface area contributed by atoms with Gasteiger partial charge in [0.05, 0.1) is 6.04 Å². The number of ether oxygens (including phenoxy) is 1. The third-order valence-electron chi connectivity index (χ3n) is 4.45. The summed E-state index contributed by atoms with van der Waals surface area (Å²) in [6, 6.07) is 6.32. The van der Waals surface area contributed by atoms with Gasteiger partial charge in [-0.25, -0.2) is 4.79 Å². The minimum absolute atomic E-state index is 0.218. The number of alkyl halides is 3. The fourth-order valence-electron chi connectivity index (χ4n) is 3.13. The van der Waals surface area contributed by atoms with E-state index in [1.165, 1.54) is 23.1 Å². The van der Waals surface area contributed by atoms with Gasteiger partial charge < -0.3 is 20.1 Å². The Morgan fingerprint density at radius 3 is 2.62 bits per heavy atom. The zero-order valence-corrected chi connectivity index (χ0v) is 16.1. The van der Waals surface area contributed by atoms with Crippen molar-refractivity contribution in [3.8, 4) is 5.75 Å². The van der Waals surface area contributed by atoms with Crippen LogP contribution in [-0.2, 0) is 0 Å². The Morgan fingerprint density at radius 2 is 2.04 bits per heavy atom. The second-order valence-corrected chi connectivity index (χ2v) is 13.4. The Morgan fingerprint density at radius 1 is 1.35 bits per heavy atom. The van der Waals surface area contributed by atoms with Crippen molar-refractivity contribution in [2.24, 2.45) is 0 Å². The Hall–Kier alpha value is -1.74. The third kappa shape index (κ3) is 5.91. The maximum Gasteiger partial charge on any atom is 0.573 e.